The van der Waals surface area contributed by atoms with Crippen molar-refractivity contribution in [3.63, 3.8) is 0 Å². The maximum atomic E-state index is 13.4. The van der Waals surface area contributed by atoms with E-state index in [4.69, 9.17) is 0 Å². The minimum atomic E-state index is -0.833. The summed E-state index contributed by atoms with van der Waals surface area (Å²) in [6, 6.07) is 2.93. The molecule has 108 valence electrons. The summed E-state index contributed by atoms with van der Waals surface area (Å²) in [6.07, 6.45) is 3.11. The number of anilines is 1. The van der Waals surface area contributed by atoms with Crippen molar-refractivity contribution in [3.8, 4) is 0 Å². The van der Waals surface area contributed by atoms with Gasteiger partial charge in [0.05, 0.1) is 12.2 Å². The van der Waals surface area contributed by atoms with Crippen molar-refractivity contribution < 1.29 is 18.4 Å². The number of likely N-dealkylation sites (tertiary alicyclic amines) is 1. The van der Waals surface area contributed by atoms with E-state index in [0.29, 0.717) is 19.0 Å². The number of carbonyl (C=O) groups excluding carboxylic acids is 2. The standard InChI is InChI=1S/C14H16F2N2O2/c15-10-5-6-12(11(16)8-10)17-13(19)9-18-7-3-1-2-4-14(18)20/h5-6,8H,1-4,7,9H2,(H,17,19). The molecule has 1 aliphatic rings. The minimum absolute atomic E-state index is 0.0581. The van der Waals surface area contributed by atoms with Crippen LogP contribution >= 0.6 is 0 Å². The highest BCUT2D eigenvalue weighted by molar-refractivity contribution is 5.94. The van der Waals surface area contributed by atoms with Gasteiger partial charge in [-0.3, -0.25) is 9.59 Å². The highest BCUT2D eigenvalue weighted by atomic mass is 19.1. The largest absolute Gasteiger partial charge is 0.333 e. The smallest absolute Gasteiger partial charge is 0.244 e. The fourth-order valence-corrected chi connectivity index (χ4v) is 2.16. The summed E-state index contributed by atoms with van der Waals surface area (Å²) in [4.78, 5) is 25.0. The topological polar surface area (TPSA) is 49.4 Å². The van der Waals surface area contributed by atoms with Crippen LogP contribution in [-0.4, -0.2) is 29.8 Å². The van der Waals surface area contributed by atoms with E-state index in [-0.39, 0.29) is 18.1 Å². The summed E-state index contributed by atoms with van der Waals surface area (Å²) in [5.41, 5.74) is -0.0846. The molecule has 0 saturated carbocycles. The third-order valence-electron chi connectivity index (χ3n) is 3.21. The molecule has 6 heteroatoms. The van der Waals surface area contributed by atoms with E-state index in [2.05, 4.69) is 5.32 Å². The Bertz CT molecular complexity index is 520. The van der Waals surface area contributed by atoms with Gasteiger partial charge in [0, 0.05) is 19.0 Å². The fraction of sp³-hybridized carbons (Fsp3) is 0.429. The normalized spacial score (nSPS) is 15.9. The molecule has 0 spiro atoms. The molecule has 2 amide bonds. The third-order valence-corrected chi connectivity index (χ3v) is 3.21. The van der Waals surface area contributed by atoms with Gasteiger partial charge in [-0.1, -0.05) is 6.42 Å². The maximum Gasteiger partial charge on any atom is 0.244 e. The Labute approximate surface area is 115 Å². The van der Waals surface area contributed by atoms with Crippen LogP contribution in [0.25, 0.3) is 0 Å². The number of benzene rings is 1. The number of nitrogens with one attached hydrogen (secondary N) is 1. The van der Waals surface area contributed by atoms with E-state index in [1.54, 1.807) is 0 Å². The SMILES string of the molecule is O=C(CN1CCCCCC1=O)Nc1ccc(F)cc1F. The third kappa shape index (κ3) is 3.76. The van der Waals surface area contributed by atoms with Crippen molar-refractivity contribution in [2.45, 2.75) is 25.7 Å². The van der Waals surface area contributed by atoms with Crippen molar-refractivity contribution in [1.82, 2.24) is 4.90 Å². The van der Waals surface area contributed by atoms with E-state index in [1.165, 1.54) is 4.90 Å². The summed E-state index contributed by atoms with van der Waals surface area (Å²) in [6.45, 7) is 0.438. The maximum absolute atomic E-state index is 13.4. The van der Waals surface area contributed by atoms with Gasteiger partial charge in [-0.2, -0.15) is 0 Å². The molecule has 2 rings (SSSR count). The van der Waals surface area contributed by atoms with Crippen LogP contribution in [-0.2, 0) is 9.59 Å². The zero-order valence-electron chi connectivity index (χ0n) is 11.0. The van der Waals surface area contributed by atoms with Gasteiger partial charge in [0.1, 0.15) is 11.6 Å². The van der Waals surface area contributed by atoms with Crippen LogP contribution in [0.5, 0.6) is 0 Å². The van der Waals surface area contributed by atoms with Crippen LogP contribution in [0.2, 0.25) is 0 Å². The Kier molecular flexibility index (Phi) is 4.65. The predicted octanol–water partition coefficient (Wildman–Crippen LogP) is 2.31. The van der Waals surface area contributed by atoms with Gasteiger partial charge in [0.15, 0.2) is 0 Å². The van der Waals surface area contributed by atoms with Crippen LogP contribution in [0.4, 0.5) is 14.5 Å². The number of nitrogens with zero attached hydrogens (tertiary/aromatic N) is 1. The lowest BCUT2D eigenvalue weighted by Crippen LogP contribution is -2.37. The number of hydrogen-bond donors (Lipinski definition) is 1. The van der Waals surface area contributed by atoms with Crippen LogP contribution in [0.3, 0.4) is 0 Å². The molecule has 20 heavy (non-hydrogen) atoms. The van der Waals surface area contributed by atoms with Gasteiger partial charge in [0.25, 0.3) is 0 Å². The van der Waals surface area contributed by atoms with Crippen molar-refractivity contribution in [3.05, 3.63) is 29.8 Å². The average Bonchev–Trinajstić information content (AvgIpc) is 2.59. The highest BCUT2D eigenvalue weighted by Crippen LogP contribution is 2.15. The molecule has 0 aliphatic carbocycles. The summed E-state index contributed by atoms with van der Waals surface area (Å²) in [5.74, 6) is -2.08. The second-order valence-corrected chi connectivity index (χ2v) is 4.80. The van der Waals surface area contributed by atoms with Crippen molar-refractivity contribution in [2.24, 2.45) is 0 Å². The number of rotatable bonds is 3. The zero-order chi connectivity index (χ0) is 14.5. The number of amides is 2. The lowest BCUT2D eigenvalue weighted by atomic mass is 10.2. The van der Waals surface area contributed by atoms with E-state index in [9.17, 15) is 18.4 Å². The summed E-state index contributed by atoms with van der Waals surface area (Å²) < 4.78 is 26.1. The van der Waals surface area contributed by atoms with E-state index >= 15 is 0 Å². The molecule has 1 aliphatic heterocycles. The monoisotopic (exact) mass is 282 g/mol. The second kappa shape index (κ2) is 6.45. The summed E-state index contributed by atoms with van der Waals surface area (Å²) in [7, 11) is 0. The molecule has 0 bridgehead atoms. The molecular formula is C14H16F2N2O2. The predicted molar refractivity (Wildman–Crippen MR) is 70.0 cm³/mol. The molecule has 1 saturated heterocycles. The molecule has 4 nitrogen and oxygen atoms in total. The molecular weight excluding hydrogens is 266 g/mol. The summed E-state index contributed by atoms with van der Waals surface area (Å²) >= 11 is 0. The van der Waals surface area contributed by atoms with Gasteiger partial charge in [-0.15, -0.1) is 0 Å². The first-order chi connectivity index (χ1) is 9.56. The van der Waals surface area contributed by atoms with Crippen LogP contribution < -0.4 is 5.32 Å². The second-order valence-electron chi connectivity index (χ2n) is 4.80. The molecule has 1 aromatic rings. The van der Waals surface area contributed by atoms with E-state index in [1.807, 2.05) is 0 Å². The summed E-state index contributed by atoms with van der Waals surface area (Å²) in [5, 5.41) is 2.35. The molecule has 1 N–H and O–H groups in total. The van der Waals surface area contributed by atoms with Gasteiger partial charge in [-0.05, 0) is 25.0 Å². The Morgan fingerprint density at radius 1 is 1.25 bits per heavy atom. The molecule has 0 radical (unpaired) electrons. The van der Waals surface area contributed by atoms with E-state index < -0.39 is 17.5 Å². The first-order valence-electron chi connectivity index (χ1n) is 6.59. The quantitative estimate of drug-likeness (QED) is 0.925. The molecule has 1 heterocycles. The average molecular weight is 282 g/mol. The number of halogens is 2. The molecule has 0 aromatic heterocycles. The van der Waals surface area contributed by atoms with Crippen LogP contribution in [0.1, 0.15) is 25.7 Å². The molecule has 1 aromatic carbocycles. The lowest BCUT2D eigenvalue weighted by molar-refractivity contribution is -0.134. The lowest BCUT2D eigenvalue weighted by Gasteiger charge is -2.19. The number of hydrogen-bond acceptors (Lipinski definition) is 2. The Balaban J connectivity index is 1.96. The van der Waals surface area contributed by atoms with Crippen LogP contribution in [0, 0.1) is 11.6 Å². The molecule has 0 unspecified atom stereocenters. The number of carbonyl (C=O) groups is 2. The molecule has 1 fully saturated rings. The first kappa shape index (κ1) is 14.4. The van der Waals surface area contributed by atoms with Gasteiger partial charge in [-0.25, -0.2) is 8.78 Å². The van der Waals surface area contributed by atoms with Crippen molar-refractivity contribution in [1.29, 1.82) is 0 Å². The first-order valence-corrected chi connectivity index (χ1v) is 6.59. The minimum Gasteiger partial charge on any atom is -0.333 e. The Morgan fingerprint density at radius 3 is 2.80 bits per heavy atom. The van der Waals surface area contributed by atoms with Gasteiger partial charge < -0.3 is 10.2 Å². The molecule has 0 atom stereocenters. The van der Waals surface area contributed by atoms with Gasteiger partial charge in [0.2, 0.25) is 11.8 Å². The Morgan fingerprint density at radius 2 is 2.05 bits per heavy atom. The van der Waals surface area contributed by atoms with Crippen LogP contribution in [0.15, 0.2) is 18.2 Å². The van der Waals surface area contributed by atoms with Crippen molar-refractivity contribution >= 4 is 17.5 Å². The fourth-order valence-electron chi connectivity index (χ4n) is 2.16. The van der Waals surface area contributed by atoms with Crippen molar-refractivity contribution in [2.75, 3.05) is 18.4 Å². The van der Waals surface area contributed by atoms with E-state index in [0.717, 1.165) is 31.4 Å². The highest BCUT2D eigenvalue weighted by Gasteiger charge is 2.19. The zero-order valence-corrected chi connectivity index (χ0v) is 11.0. The van der Waals surface area contributed by atoms with Gasteiger partial charge >= 0.3 is 0 Å². The Hall–Kier alpha value is -1.98.